The second-order valence-electron chi connectivity index (χ2n) is 4.07. The summed E-state index contributed by atoms with van der Waals surface area (Å²) in [5.41, 5.74) is 12.2. The third kappa shape index (κ3) is 5.02. The Labute approximate surface area is 124 Å². The molecule has 0 aliphatic heterocycles. The molecule has 112 valence electrons. The van der Waals surface area contributed by atoms with Gasteiger partial charge in [-0.15, -0.1) is 11.7 Å². The lowest BCUT2D eigenvalue weighted by Gasteiger charge is -2.14. The van der Waals surface area contributed by atoms with Crippen LogP contribution in [0.15, 0.2) is 47.6 Å². The van der Waals surface area contributed by atoms with Crippen molar-refractivity contribution >= 4 is 12.2 Å². The van der Waals surface area contributed by atoms with Gasteiger partial charge < -0.3 is 20.9 Å². The third-order valence-corrected chi connectivity index (χ3v) is 2.46. The van der Waals surface area contributed by atoms with Crippen molar-refractivity contribution in [1.82, 2.24) is 0 Å². The molecule has 6 heteroatoms. The average molecular weight is 288 g/mol. The molecule has 0 radical (unpaired) electrons. The van der Waals surface area contributed by atoms with E-state index in [1.807, 2.05) is 6.07 Å². The smallest absolute Gasteiger partial charge is 0.211 e. The highest BCUT2D eigenvalue weighted by atomic mass is 16.5. The van der Waals surface area contributed by atoms with Gasteiger partial charge in [0.15, 0.2) is 11.5 Å². The molecule has 0 saturated carbocycles. The standard InChI is InChI=1S/C15H20N4O2/c1-4-6-12-8-11(10-18-19-15(16)17)9-13(20-3)14(12)21-7-5-2/h4-5,8-10H,1-2,6-7H2,3H3,(H4,16,17,19). The van der Waals surface area contributed by atoms with Gasteiger partial charge in [-0.25, -0.2) is 0 Å². The highest BCUT2D eigenvalue weighted by molar-refractivity contribution is 5.83. The van der Waals surface area contributed by atoms with Crippen LogP contribution in [0.1, 0.15) is 11.1 Å². The van der Waals surface area contributed by atoms with Crippen LogP contribution in [-0.2, 0) is 6.42 Å². The molecule has 0 atom stereocenters. The van der Waals surface area contributed by atoms with E-state index < -0.39 is 0 Å². The van der Waals surface area contributed by atoms with Crippen LogP contribution in [0.4, 0.5) is 0 Å². The van der Waals surface area contributed by atoms with Crippen LogP contribution in [0.25, 0.3) is 0 Å². The van der Waals surface area contributed by atoms with Crippen molar-refractivity contribution in [2.45, 2.75) is 6.42 Å². The van der Waals surface area contributed by atoms with E-state index in [9.17, 15) is 0 Å². The Hall–Kier alpha value is -2.76. The van der Waals surface area contributed by atoms with Gasteiger partial charge in [-0.2, -0.15) is 5.10 Å². The first-order valence-corrected chi connectivity index (χ1v) is 6.29. The molecule has 0 fully saturated rings. The van der Waals surface area contributed by atoms with Crippen LogP contribution in [-0.4, -0.2) is 25.9 Å². The molecule has 4 N–H and O–H groups in total. The van der Waals surface area contributed by atoms with Crippen LogP contribution in [0, 0.1) is 0 Å². The van der Waals surface area contributed by atoms with E-state index in [-0.39, 0.29) is 5.96 Å². The summed E-state index contributed by atoms with van der Waals surface area (Å²) in [6.07, 6.45) is 5.62. The van der Waals surface area contributed by atoms with Crippen LogP contribution < -0.4 is 20.9 Å². The second-order valence-corrected chi connectivity index (χ2v) is 4.07. The Balaban J connectivity index is 3.21. The van der Waals surface area contributed by atoms with Crippen LogP contribution >= 0.6 is 0 Å². The molecule has 0 amide bonds. The Morgan fingerprint density at radius 3 is 2.62 bits per heavy atom. The predicted octanol–water partition coefficient (Wildman–Crippen LogP) is 1.60. The number of ether oxygens (including phenoxy) is 2. The van der Waals surface area contributed by atoms with E-state index in [1.165, 1.54) is 6.21 Å². The van der Waals surface area contributed by atoms with Gasteiger partial charge in [0.2, 0.25) is 5.96 Å². The van der Waals surface area contributed by atoms with Gasteiger partial charge in [-0.05, 0) is 24.1 Å². The molecule has 0 aliphatic rings. The number of guanidine groups is 1. The summed E-state index contributed by atoms with van der Waals surface area (Å²) in [7, 11) is 1.57. The molecule has 1 aromatic carbocycles. The largest absolute Gasteiger partial charge is 0.493 e. The van der Waals surface area contributed by atoms with Gasteiger partial charge in [0.05, 0.1) is 13.3 Å². The fourth-order valence-electron chi connectivity index (χ4n) is 1.69. The topological polar surface area (TPSA) is 95.2 Å². The normalized spacial score (nSPS) is 10.1. The maximum Gasteiger partial charge on any atom is 0.211 e. The van der Waals surface area contributed by atoms with Crippen molar-refractivity contribution in [1.29, 1.82) is 0 Å². The van der Waals surface area contributed by atoms with Gasteiger partial charge in [-0.3, -0.25) is 0 Å². The van der Waals surface area contributed by atoms with E-state index in [4.69, 9.17) is 20.9 Å². The number of rotatable bonds is 8. The minimum atomic E-state index is -0.101. The first-order chi connectivity index (χ1) is 10.1. The van der Waals surface area contributed by atoms with E-state index in [2.05, 4.69) is 23.4 Å². The van der Waals surface area contributed by atoms with Gasteiger partial charge >= 0.3 is 0 Å². The van der Waals surface area contributed by atoms with E-state index in [1.54, 1.807) is 25.3 Å². The monoisotopic (exact) mass is 288 g/mol. The molecule has 0 bridgehead atoms. The summed E-state index contributed by atoms with van der Waals surface area (Å²) < 4.78 is 11.0. The van der Waals surface area contributed by atoms with E-state index >= 15 is 0 Å². The van der Waals surface area contributed by atoms with Crippen molar-refractivity contribution < 1.29 is 9.47 Å². The highest BCUT2D eigenvalue weighted by Crippen LogP contribution is 2.33. The maximum atomic E-state index is 5.66. The van der Waals surface area contributed by atoms with Gasteiger partial charge in [-0.1, -0.05) is 18.7 Å². The van der Waals surface area contributed by atoms with Crippen LogP contribution in [0.3, 0.4) is 0 Å². The lowest BCUT2D eigenvalue weighted by atomic mass is 10.1. The quantitative estimate of drug-likeness (QED) is 0.329. The van der Waals surface area contributed by atoms with Gasteiger partial charge in [0.1, 0.15) is 6.61 Å². The average Bonchev–Trinajstić information content (AvgIpc) is 2.45. The molecule has 0 spiro atoms. The predicted molar refractivity (Wildman–Crippen MR) is 86.0 cm³/mol. The minimum absolute atomic E-state index is 0.101. The molecular weight excluding hydrogens is 268 g/mol. The Bertz CT molecular complexity index is 561. The number of allylic oxidation sites excluding steroid dienone is 1. The van der Waals surface area contributed by atoms with Gasteiger partial charge in [0.25, 0.3) is 0 Å². The van der Waals surface area contributed by atoms with Crippen molar-refractivity contribution in [2.24, 2.45) is 21.7 Å². The summed E-state index contributed by atoms with van der Waals surface area (Å²) in [4.78, 5) is 0. The van der Waals surface area contributed by atoms with Crippen molar-refractivity contribution in [3.8, 4) is 11.5 Å². The number of methoxy groups -OCH3 is 1. The molecule has 1 aromatic rings. The first-order valence-electron chi connectivity index (χ1n) is 6.29. The summed E-state index contributed by atoms with van der Waals surface area (Å²) in [6.45, 7) is 7.77. The second kappa shape index (κ2) is 8.42. The lowest BCUT2D eigenvalue weighted by molar-refractivity contribution is 0.323. The number of nitrogens with zero attached hydrogens (tertiary/aromatic N) is 2. The lowest BCUT2D eigenvalue weighted by Crippen LogP contribution is -2.21. The molecular formula is C15H20N4O2. The Morgan fingerprint density at radius 2 is 2.05 bits per heavy atom. The van der Waals surface area contributed by atoms with E-state index in [0.29, 0.717) is 24.5 Å². The fraction of sp³-hybridized carbons (Fsp3) is 0.200. The van der Waals surface area contributed by atoms with Crippen molar-refractivity contribution in [2.75, 3.05) is 13.7 Å². The Kier molecular flexibility index (Phi) is 6.53. The summed E-state index contributed by atoms with van der Waals surface area (Å²) in [6, 6.07) is 3.70. The molecule has 0 aromatic heterocycles. The molecule has 0 aliphatic carbocycles. The number of benzene rings is 1. The number of hydrogen-bond donors (Lipinski definition) is 2. The summed E-state index contributed by atoms with van der Waals surface area (Å²) in [5, 5.41) is 7.34. The molecule has 21 heavy (non-hydrogen) atoms. The zero-order chi connectivity index (χ0) is 15.7. The van der Waals surface area contributed by atoms with Crippen LogP contribution in [0.5, 0.6) is 11.5 Å². The molecule has 0 unspecified atom stereocenters. The number of hydrogen-bond acceptors (Lipinski definition) is 4. The molecule has 0 saturated heterocycles. The molecule has 1 rings (SSSR count). The first kappa shape index (κ1) is 16.3. The number of nitrogens with two attached hydrogens (primary N) is 2. The SMILES string of the molecule is C=CCOc1c(CC=C)cc(C=NN=C(N)N)cc1OC. The zero-order valence-corrected chi connectivity index (χ0v) is 12.1. The third-order valence-electron chi connectivity index (χ3n) is 2.46. The van der Waals surface area contributed by atoms with Gasteiger partial charge in [0, 0.05) is 5.56 Å². The molecule has 6 nitrogen and oxygen atoms in total. The maximum absolute atomic E-state index is 5.66. The summed E-state index contributed by atoms with van der Waals surface area (Å²) >= 11 is 0. The Morgan fingerprint density at radius 1 is 1.29 bits per heavy atom. The summed E-state index contributed by atoms with van der Waals surface area (Å²) in [5.74, 6) is 1.16. The fourth-order valence-corrected chi connectivity index (χ4v) is 1.69. The van der Waals surface area contributed by atoms with E-state index in [0.717, 1.165) is 11.1 Å². The zero-order valence-electron chi connectivity index (χ0n) is 12.1. The molecule has 0 heterocycles. The van der Waals surface area contributed by atoms with Crippen molar-refractivity contribution in [3.05, 3.63) is 48.6 Å². The van der Waals surface area contributed by atoms with Crippen LogP contribution in [0.2, 0.25) is 0 Å². The van der Waals surface area contributed by atoms with Crippen molar-refractivity contribution in [3.63, 3.8) is 0 Å². The minimum Gasteiger partial charge on any atom is -0.493 e. The highest BCUT2D eigenvalue weighted by Gasteiger charge is 2.11.